The number of halogens is 3. The van der Waals surface area contributed by atoms with E-state index in [2.05, 4.69) is 0 Å². The molecule has 1 atom stereocenters. The van der Waals surface area contributed by atoms with E-state index in [-0.39, 0.29) is 5.75 Å². The third-order valence-electron chi connectivity index (χ3n) is 0.749. The second-order valence-electron chi connectivity index (χ2n) is 1.84. The highest BCUT2D eigenvalue weighted by atomic mass is 35.6. The zero-order chi connectivity index (χ0) is 10.6. The molecule has 2 N–H and O–H groups in total. The minimum absolute atomic E-state index is 0.190. The molecule has 0 saturated carbocycles. The minimum atomic E-state index is -2.74. The topological polar surface area (TPSA) is 74.6 Å². The highest BCUT2D eigenvalue weighted by molar-refractivity contribution is 8.23. The van der Waals surface area contributed by atoms with Crippen LogP contribution in [0, 0.1) is 0 Å². The van der Waals surface area contributed by atoms with Gasteiger partial charge in [-0.15, -0.1) is 0 Å². The van der Waals surface area contributed by atoms with Crippen molar-refractivity contribution in [2.75, 3.05) is 5.75 Å². The molecule has 4 nitrogen and oxygen atoms in total. The van der Waals surface area contributed by atoms with E-state index in [4.69, 9.17) is 45.0 Å². The largest absolute Gasteiger partial charge is 0.489 e. The molecule has 0 heterocycles. The zero-order valence-electron chi connectivity index (χ0n) is 5.98. The lowest BCUT2D eigenvalue weighted by atomic mass is 10.9. The fourth-order valence-electron chi connectivity index (χ4n) is 0.301. The van der Waals surface area contributed by atoms with Crippen molar-refractivity contribution in [3.63, 3.8) is 0 Å². The Hall–Kier alpha value is 0.910. The van der Waals surface area contributed by atoms with Gasteiger partial charge in [-0.05, 0) is 11.8 Å². The Balaban J connectivity index is 3.96. The smallest absolute Gasteiger partial charge is 0.328 e. The van der Waals surface area contributed by atoms with Crippen molar-refractivity contribution in [2.24, 2.45) is 0 Å². The Morgan fingerprint density at radius 2 is 1.92 bits per heavy atom. The molecule has 0 saturated heterocycles. The highest BCUT2D eigenvalue weighted by Crippen LogP contribution is 2.37. The second kappa shape index (κ2) is 5.71. The molecule has 0 aliphatic rings. The summed E-state index contributed by atoms with van der Waals surface area (Å²) in [5, 5.41) is 16.7. The zero-order valence-corrected chi connectivity index (χ0v) is 9.96. The molecular formula is C4H5Cl3O4PS+. The van der Waals surface area contributed by atoms with Crippen molar-refractivity contribution in [2.45, 2.75) is 9.82 Å². The van der Waals surface area contributed by atoms with Gasteiger partial charge in [0.1, 0.15) is 0 Å². The third-order valence-corrected chi connectivity index (χ3v) is 4.16. The number of carbonyl (C=O) groups is 1. The van der Waals surface area contributed by atoms with Gasteiger partial charge in [-0.25, -0.2) is 4.79 Å². The molecule has 0 aromatic heterocycles. The number of rotatable bonds is 3. The molecule has 0 fully saturated rings. The molecular weight excluding hydrogens is 281 g/mol. The number of hydrogen-bond donors (Lipinski definition) is 2. The van der Waals surface area contributed by atoms with Gasteiger partial charge in [0.05, 0.1) is 5.75 Å². The summed E-state index contributed by atoms with van der Waals surface area (Å²) in [6.07, 6.45) is 0. The molecule has 0 aromatic rings. The first kappa shape index (κ1) is 13.9. The predicted molar refractivity (Wildman–Crippen MR) is 54.0 cm³/mol. The summed E-state index contributed by atoms with van der Waals surface area (Å²) in [5.41, 5.74) is 0. The molecule has 1 unspecified atom stereocenters. The molecule has 0 spiro atoms. The standard InChI is InChI=1S/C4H5Cl3O4PS/c5-4(6,7)1-13-3(10)12(11)2(8)9/h2,8-9H,1H2/q+1. The molecule has 0 amide bonds. The van der Waals surface area contributed by atoms with E-state index < -0.39 is 22.5 Å². The van der Waals surface area contributed by atoms with Crippen LogP contribution >= 0.6 is 54.4 Å². The molecule has 0 aliphatic heterocycles. The van der Waals surface area contributed by atoms with Crippen LogP contribution in [-0.2, 0) is 4.57 Å². The van der Waals surface area contributed by atoms with Gasteiger partial charge in [-0.2, -0.15) is 0 Å². The van der Waals surface area contributed by atoms with Crippen molar-refractivity contribution >= 4 is 59.2 Å². The normalized spacial score (nSPS) is 13.2. The number of alkyl halides is 3. The van der Waals surface area contributed by atoms with Crippen molar-refractivity contribution in [1.82, 2.24) is 0 Å². The number of carbonyl (C=O) groups excluding carboxylic acids is 1. The molecule has 0 rings (SSSR count). The number of aliphatic hydroxyl groups is 2. The Morgan fingerprint density at radius 1 is 1.46 bits per heavy atom. The van der Waals surface area contributed by atoms with Crippen LogP contribution in [-0.4, -0.2) is 30.6 Å². The third kappa shape index (κ3) is 6.91. The molecule has 0 bridgehead atoms. The van der Waals surface area contributed by atoms with E-state index in [0.29, 0.717) is 11.8 Å². The van der Waals surface area contributed by atoms with Gasteiger partial charge in [-0.3, -0.25) is 0 Å². The van der Waals surface area contributed by atoms with Crippen LogP contribution in [0.2, 0.25) is 0 Å². The Labute approximate surface area is 94.3 Å². The first-order valence-corrected chi connectivity index (χ1v) is 6.25. The molecule has 13 heavy (non-hydrogen) atoms. The van der Waals surface area contributed by atoms with E-state index in [1.807, 2.05) is 0 Å². The van der Waals surface area contributed by atoms with Crippen LogP contribution in [0.5, 0.6) is 0 Å². The first-order valence-electron chi connectivity index (χ1n) is 2.80. The molecule has 0 aromatic carbocycles. The summed E-state index contributed by atoms with van der Waals surface area (Å²) in [7, 11) is -2.74. The maximum absolute atomic E-state index is 10.8. The molecule has 0 aliphatic carbocycles. The minimum Gasteiger partial charge on any atom is -0.328 e. The monoisotopic (exact) mass is 285 g/mol. The van der Waals surface area contributed by atoms with Crippen LogP contribution in [0.3, 0.4) is 0 Å². The average Bonchev–Trinajstić information content (AvgIpc) is 1.97. The summed E-state index contributed by atoms with van der Waals surface area (Å²) < 4.78 is 9.08. The molecule has 9 heteroatoms. The van der Waals surface area contributed by atoms with Crippen LogP contribution in [0.1, 0.15) is 0 Å². The SMILES string of the molecule is O=C(SCC(Cl)(Cl)Cl)[P+](=O)C(O)O. The van der Waals surface area contributed by atoms with Crippen LogP contribution in [0.15, 0.2) is 0 Å². The van der Waals surface area contributed by atoms with Gasteiger partial charge in [0.15, 0.2) is 3.79 Å². The predicted octanol–water partition coefficient (Wildman–Crippen LogP) is 2.31. The molecule has 76 valence electrons. The lowest BCUT2D eigenvalue weighted by Crippen LogP contribution is -2.08. The summed E-state index contributed by atoms with van der Waals surface area (Å²) in [4.78, 5) is 9.91. The van der Waals surface area contributed by atoms with Crippen LogP contribution in [0.4, 0.5) is 4.79 Å². The number of hydrogen-bond acceptors (Lipinski definition) is 5. The Bertz CT molecular complexity index is 216. The van der Waals surface area contributed by atoms with Crippen molar-refractivity contribution in [3.05, 3.63) is 0 Å². The van der Waals surface area contributed by atoms with Gasteiger partial charge in [-0.1, -0.05) is 39.4 Å². The van der Waals surface area contributed by atoms with Gasteiger partial charge in [0, 0.05) is 0 Å². The van der Waals surface area contributed by atoms with E-state index in [1.165, 1.54) is 0 Å². The summed E-state index contributed by atoms with van der Waals surface area (Å²) in [6, 6.07) is -2.16. The van der Waals surface area contributed by atoms with Crippen molar-refractivity contribution in [3.8, 4) is 0 Å². The molecule has 0 radical (unpaired) electrons. The maximum Gasteiger partial charge on any atom is 0.489 e. The summed E-state index contributed by atoms with van der Waals surface area (Å²) in [6.45, 7) is 0. The van der Waals surface area contributed by atoms with Crippen LogP contribution < -0.4 is 0 Å². The average molecular weight is 286 g/mol. The Morgan fingerprint density at radius 3 is 2.23 bits per heavy atom. The second-order valence-corrected chi connectivity index (χ2v) is 7.13. The highest BCUT2D eigenvalue weighted by Gasteiger charge is 2.38. The van der Waals surface area contributed by atoms with E-state index >= 15 is 0 Å². The lowest BCUT2D eigenvalue weighted by Gasteiger charge is -2.05. The van der Waals surface area contributed by atoms with E-state index in [1.54, 1.807) is 0 Å². The number of thioether (sulfide) groups is 1. The number of aliphatic hydroxyl groups excluding tert-OH is 1. The van der Waals surface area contributed by atoms with Crippen molar-refractivity contribution in [1.29, 1.82) is 0 Å². The first-order chi connectivity index (χ1) is 5.74. The van der Waals surface area contributed by atoms with Gasteiger partial charge >= 0.3 is 18.7 Å². The van der Waals surface area contributed by atoms with E-state index in [0.717, 1.165) is 0 Å². The van der Waals surface area contributed by atoms with E-state index in [9.17, 15) is 9.36 Å². The van der Waals surface area contributed by atoms with Crippen LogP contribution in [0.25, 0.3) is 0 Å². The summed E-state index contributed by atoms with van der Waals surface area (Å²) in [5.74, 6) is -0.190. The fraction of sp³-hybridized carbons (Fsp3) is 0.750. The lowest BCUT2D eigenvalue weighted by molar-refractivity contribution is 0.0332. The Kier molecular flexibility index (Phi) is 6.11. The quantitative estimate of drug-likeness (QED) is 0.473. The van der Waals surface area contributed by atoms with Gasteiger partial charge in [0.2, 0.25) is 0 Å². The van der Waals surface area contributed by atoms with Crippen molar-refractivity contribution < 1.29 is 19.6 Å². The van der Waals surface area contributed by atoms with Gasteiger partial charge < -0.3 is 10.2 Å². The summed E-state index contributed by atoms with van der Waals surface area (Å²) >= 11 is 16.4. The maximum atomic E-state index is 10.8. The fourth-order valence-corrected chi connectivity index (χ4v) is 2.25. The van der Waals surface area contributed by atoms with Gasteiger partial charge in [0.25, 0.3) is 0 Å².